The molecule has 8 heteroatoms. The fourth-order valence-corrected chi connectivity index (χ4v) is 3.21. The van der Waals surface area contributed by atoms with Crippen LogP contribution in [0, 0.1) is 23.0 Å². The molecule has 136 valence electrons. The zero-order valence-corrected chi connectivity index (χ0v) is 13.3. The molecule has 0 saturated carbocycles. The minimum Gasteiger partial charge on any atom is -0.391 e. The third kappa shape index (κ3) is 3.35. The zero-order chi connectivity index (χ0) is 19.1. The molecule has 0 radical (unpaired) electrons. The van der Waals surface area contributed by atoms with E-state index >= 15 is 0 Å². The number of benzene rings is 2. The van der Waals surface area contributed by atoms with E-state index < -0.39 is 41.1 Å². The normalized spacial score (nSPS) is 20.3. The maximum Gasteiger partial charge on any atom is 0.417 e. The zero-order valence-electron chi connectivity index (χ0n) is 13.3. The summed E-state index contributed by atoms with van der Waals surface area (Å²) in [5.74, 6) is -1.39. The number of aliphatic hydroxyl groups excluding tert-OH is 1. The number of nitrogens with zero attached hydrogens (tertiary/aromatic N) is 2. The molecule has 0 spiro atoms. The van der Waals surface area contributed by atoms with Gasteiger partial charge in [-0.05, 0) is 42.8 Å². The van der Waals surface area contributed by atoms with Crippen molar-refractivity contribution in [2.75, 3.05) is 11.4 Å². The number of nitriles is 1. The fraction of sp³-hybridized carbons (Fsp3) is 0.278. The number of rotatable bonds is 2. The molecule has 0 aliphatic carbocycles. The molecule has 2 aromatic carbocycles. The van der Waals surface area contributed by atoms with Gasteiger partial charge in [0.05, 0.1) is 29.3 Å². The summed E-state index contributed by atoms with van der Waals surface area (Å²) in [5, 5.41) is 18.8. The smallest absolute Gasteiger partial charge is 0.391 e. The highest BCUT2D eigenvalue weighted by Gasteiger charge is 2.37. The monoisotopic (exact) mass is 368 g/mol. The summed E-state index contributed by atoms with van der Waals surface area (Å²) in [7, 11) is 0. The fourth-order valence-electron chi connectivity index (χ4n) is 3.21. The van der Waals surface area contributed by atoms with Crippen molar-refractivity contribution in [2.45, 2.75) is 24.7 Å². The number of β-amino-alcohol motifs (C(OH)–C–C–N with tert-alkyl or cyclic N) is 1. The molecule has 2 aromatic rings. The molecule has 1 fully saturated rings. The van der Waals surface area contributed by atoms with E-state index in [1.807, 2.05) is 0 Å². The summed E-state index contributed by atoms with van der Waals surface area (Å²) in [6.45, 7) is -0.0379. The first-order valence-corrected chi connectivity index (χ1v) is 7.71. The van der Waals surface area contributed by atoms with Crippen LogP contribution in [0.5, 0.6) is 0 Å². The van der Waals surface area contributed by atoms with Gasteiger partial charge < -0.3 is 10.0 Å². The summed E-state index contributed by atoms with van der Waals surface area (Å²) in [4.78, 5) is 1.39. The van der Waals surface area contributed by atoms with E-state index in [-0.39, 0.29) is 24.2 Å². The van der Waals surface area contributed by atoms with E-state index in [0.717, 1.165) is 30.3 Å². The van der Waals surface area contributed by atoms with Crippen LogP contribution in [-0.2, 0) is 6.18 Å². The molecule has 3 nitrogen and oxygen atoms in total. The van der Waals surface area contributed by atoms with E-state index in [0.29, 0.717) is 0 Å². The largest absolute Gasteiger partial charge is 0.417 e. The van der Waals surface area contributed by atoms with Gasteiger partial charge in [0.25, 0.3) is 0 Å². The SMILES string of the molecule is N#Cc1ccc(N2C[C@H](O)C[C@H]2c2cc(F)ccc2F)cc1C(F)(F)F. The molecule has 3 rings (SSSR count). The van der Waals surface area contributed by atoms with Gasteiger partial charge in [-0.15, -0.1) is 0 Å². The second-order valence-electron chi connectivity index (χ2n) is 6.06. The first-order chi connectivity index (χ1) is 12.2. The molecule has 1 heterocycles. The van der Waals surface area contributed by atoms with Crippen LogP contribution in [-0.4, -0.2) is 17.8 Å². The Balaban J connectivity index is 2.07. The van der Waals surface area contributed by atoms with Crippen LogP contribution in [0.1, 0.15) is 29.2 Å². The van der Waals surface area contributed by atoms with Crippen molar-refractivity contribution < 1.29 is 27.1 Å². The Bertz CT molecular complexity index is 875. The van der Waals surface area contributed by atoms with Gasteiger partial charge in [-0.25, -0.2) is 8.78 Å². The number of hydrogen-bond acceptors (Lipinski definition) is 3. The standard InChI is InChI=1S/C18H13F5N2O/c19-11-2-4-16(20)14(5-11)17-7-13(26)9-25(17)12-3-1-10(8-24)15(6-12)18(21,22)23/h1-6,13,17,26H,7,9H2/t13-,17+/m1/s1. The van der Waals surface area contributed by atoms with Crippen LogP contribution in [0.2, 0.25) is 0 Å². The maximum atomic E-state index is 14.1. The third-order valence-electron chi connectivity index (χ3n) is 4.36. The van der Waals surface area contributed by atoms with Crippen molar-refractivity contribution in [3.8, 4) is 6.07 Å². The molecule has 2 atom stereocenters. The number of hydrogen-bond donors (Lipinski definition) is 1. The van der Waals surface area contributed by atoms with Crippen LogP contribution < -0.4 is 4.90 Å². The molecule has 0 aromatic heterocycles. The maximum absolute atomic E-state index is 14.1. The van der Waals surface area contributed by atoms with Gasteiger partial charge >= 0.3 is 6.18 Å². The van der Waals surface area contributed by atoms with Gasteiger partial charge in [0.1, 0.15) is 11.6 Å². The number of aliphatic hydroxyl groups is 1. The lowest BCUT2D eigenvalue weighted by Gasteiger charge is -2.28. The average Bonchev–Trinajstić information content (AvgIpc) is 2.97. The molecule has 1 aliphatic rings. The first-order valence-electron chi connectivity index (χ1n) is 7.71. The summed E-state index contributed by atoms with van der Waals surface area (Å²) in [6, 6.07) is 6.64. The minimum atomic E-state index is -4.74. The summed E-state index contributed by atoms with van der Waals surface area (Å²) < 4.78 is 67.2. The highest BCUT2D eigenvalue weighted by molar-refractivity contribution is 5.57. The molecule has 1 N–H and O–H groups in total. The highest BCUT2D eigenvalue weighted by atomic mass is 19.4. The van der Waals surface area contributed by atoms with Crippen LogP contribution in [0.3, 0.4) is 0 Å². The van der Waals surface area contributed by atoms with Crippen molar-refractivity contribution >= 4 is 5.69 Å². The van der Waals surface area contributed by atoms with Gasteiger partial charge in [0, 0.05) is 17.8 Å². The van der Waals surface area contributed by atoms with Gasteiger partial charge in [-0.2, -0.15) is 18.4 Å². The number of alkyl halides is 3. The van der Waals surface area contributed by atoms with Gasteiger partial charge in [0.2, 0.25) is 0 Å². The van der Waals surface area contributed by atoms with Gasteiger partial charge in [-0.3, -0.25) is 0 Å². The van der Waals surface area contributed by atoms with Crippen LogP contribution in [0.4, 0.5) is 27.6 Å². The van der Waals surface area contributed by atoms with E-state index in [4.69, 9.17) is 5.26 Å². The van der Waals surface area contributed by atoms with E-state index in [9.17, 15) is 27.1 Å². The Morgan fingerprint density at radius 1 is 1.12 bits per heavy atom. The Kier molecular flexibility index (Phi) is 4.59. The van der Waals surface area contributed by atoms with Crippen molar-refractivity contribution in [1.82, 2.24) is 0 Å². The second kappa shape index (κ2) is 6.57. The Morgan fingerprint density at radius 2 is 1.85 bits per heavy atom. The first kappa shape index (κ1) is 18.1. The Morgan fingerprint density at radius 3 is 2.50 bits per heavy atom. The molecular formula is C18H13F5N2O. The molecule has 0 unspecified atom stereocenters. The summed E-state index contributed by atoms with van der Waals surface area (Å²) in [5.41, 5.74) is -1.62. The Labute approximate surface area is 145 Å². The predicted molar refractivity (Wildman–Crippen MR) is 83.2 cm³/mol. The second-order valence-corrected chi connectivity index (χ2v) is 6.06. The lowest BCUT2D eigenvalue weighted by Crippen LogP contribution is -2.25. The molecule has 26 heavy (non-hydrogen) atoms. The lowest BCUT2D eigenvalue weighted by molar-refractivity contribution is -0.137. The van der Waals surface area contributed by atoms with Crippen molar-refractivity contribution in [2.24, 2.45) is 0 Å². The minimum absolute atomic E-state index is 0.0379. The van der Waals surface area contributed by atoms with Crippen molar-refractivity contribution in [1.29, 1.82) is 5.26 Å². The molecule has 1 aliphatic heterocycles. The van der Waals surface area contributed by atoms with Gasteiger partial charge in [0.15, 0.2) is 0 Å². The summed E-state index contributed by atoms with van der Waals surface area (Å²) >= 11 is 0. The molecular weight excluding hydrogens is 355 g/mol. The lowest BCUT2D eigenvalue weighted by atomic mass is 10.0. The van der Waals surface area contributed by atoms with Crippen molar-refractivity contribution in [3.63, 3.8) is 0 Å². The van der Waals surface area contributed by atoms with Crippen LogP contribution in [0.25, 0.3) is 0 Å². The quantitative estimate of drug-likeness (QED) is 0.810. The molecule has 1 saturated heterocycles. The van der Waals surface area contributed by atoms with E-state index in [2.05, 4.69) is 0 Å². The topological polar surface area (TPSA) is 47.3 Å². The van der Waals surface area contributed by atoms with Crippen molar-refractivity contribution in [3.05, 3.63) is 64.7 Å². The molecule has 0 bridgehead atoms. The summed E-state index contributed by atoms with van der Waals surface area (Å²) in [6.07, 6.45) is -5.60. The van der Waals surface area contributed by atoms with Gasteiger partial charge in [-0.1, -0.05) is 0 Å². The van der Waals surface area contributed by atoms with Crippen LogP contribution >= 0.6 is 0 Å². The molecule has 0 amide bonds. The van der Waals surface area contributed by atoms with E-state index in [1.54, 1.807) is 0 Å². The predicted octanol–water partition coefficient (Wildman–Crippen LogP) is 4.17. The average molecular weight is 368 g/mol. The van der Waals surface area contributed by atoms with Crippen LogP contribution in [0.15, 0.2) is 36.4 Å². The Hall–Kier alpha value is -2.66. The van der Waals surface area contributed by atoms with E-state index in [1.165, 1.54) is 17.0 Å². The third-order valence-corrected chi connectivity index (χ3v) is 4.36. The highest BCUT2D eigenvalue weighted by Crippen LogP contribution is 2.40. The number of anilines is 1. The number of halogens is 5.